The maximum atomic E-state index is 11.4. The average molecular weight is 387 g/mol. The number of amides is 1. The Morgan fingerprint density at radius 1 is 1.33 bits per heavy atom. The van der Waals surface area contributed by atoms with Gasteiger partial charge in [0.2, 0.25) is 11.9 Å². The Labute approximate surface area is 163 Å². The van der Waals surface area contributed by atoms with Gasteiger partial charge in [0.1, 0.15) is 5.82 Å². The molecule has 4 rings (SSSR count). The van der Waals surface area contributed by atoms with Gasteiger partial charge in [-0.1, -0.05) is 11.6 Å². The average Bonchev–Trinajstić information content (AvgIpc) is 3.26. The molecule has 142 valence electrons. The van der Waals surface area contributed by atoms with Crippen molar-refractivity contribution in [1.82, 2.24) is 15.3 Å². The van der Waals surface area contributed by atoms with Crippen molar-refractivity contribution in [3.63, 3.8) is 0 Å². The molecule has 1 saturated heterocycles. The fraction of sp³-hybridized carbons (Fsp3) is 0.421. The molecule has 7 nitrogen and oxygen atoms in total. The minimum atomic E-state index is 0.0115. The van der Waals surface area contributed by atoms with Crippen molar-refractivity contribution in [3.05, 3.63) is 34.5 Å². The molecular weight excluding hydrogens is 364 g/mol. The first kappa shape index (κ1) is 17.9. The van der Waals surface area contributed by atoms with Gasteiger partial charge in [-0.15, -0.1) is 0 Å². The second-order valence-electron chi connectivity index (χ2n) is 7.14. The van der Waals surface area contributed by atoms with Crippen molar-refractivity contribution in [2.45, 2.75) is 38.6 Å². The second kappa shape index (κ2) is 7.23. The molecule has 27 heavy (non-hydrogen) atoms. The topological polar surface area (TPSA) is 96.2 Å². The van der Waals surface area contributed by atoms with Gasteiger partial charge in [-0.2, -0.15) is 4.98 Å². The molecule has 2 aromatic rings. The molecule has 0 bridgehead atoms. The number of carbonyl (C=O) groups excluding carboxylic acids is 1. The van der Waals surface area contributed by atoms with Crippen molar-refractivity contribution < 1.29 is 4.79 Å². The predicted octanol–water partition coefficient (Wildman–Crippen LogP) is 2.66. The molecule has 0 saturated carbocycles. The van der Waals surface area contributed by atoms with Crippen molar-refractivity contribution in [1.29, 1.82) is 0 Å². The van der Waals surface area contributed by atoms with Gasteiger partial charge < -0.3 is 21.3 Å². The van der Waals surface area contributed by atoms with Crippen LogP contribution in [0, 0.1) is 0 Å². The van der Waals surface area contributed by atoms with E-state index in [2.05, 4.69) is 15.5 Å². The van der Waals surface area contributed by atoms with Crippen LogP contribution >= 0.6 is 11.6 Å². The van der Waals surface area contributed by atoms with E-state index in [1.54, 1.807) is 19.1 Å². The van der Waals surface area contributed by atoms with Gasteiger partial charge in [-0.3, -0.25) is 4.79 Å². The predicted molar refractivity (Wildman–Crippen MR) is 108 cm³/mol. The zero-order chi connectivity index (χ0) is 19.0. The van der Waals surface area contributed by atoms with Gasteiger partial charge in [0.25, 0.3) is 0 Å². The lowest BCUT2D eigenvalue weighted by Gasteiger charge is -2.21. The normalized spacial score (nSPS) is 18.4. The fourth-order valence-corrected chi connectivity index (χ4v) is 3.96. The highest BCUT2D eigenvalue weighted by Crippen LogP contribution is 2.33. The summed E-state index contributed by atoms with van der Waals surface area (Å²) in [5.41, 5.74) is 9.55. The van der Waals surface area contributed by atoms with E-state index in [9.17, 15) is 4.79 Å². The van der Waals surface area contributed by atoms with Crippen LogP contribution in [0.2, 0.25) is 5.02 Å². The molecule has 1 aliphatic carbocycles. The lowest BCUT2D eigenvalue weighted by atomic mass is 10.2. The van der Waals surface area contributed by atoms with E-state index < -0.39 is 0 Å². The molecular formula is C19H23ClN6O. The van der Waals surface area contributed by atoms with E-state index in [0.717, 1.165) is 56.0 Å². The highest BCUT2D eigenvalue weighted by atomic mass is 35.5. The zero-order valence-electron chi connectivity index (χ0n) is 15.3. The van der Waals surface area contributed by atoms with Crippen LogP contribution < -0.4 is 21.3 Å². The first-order chi connectivity index (χ1) is 13.0. The summed E-state index contributed by atoms with van der Waals surface area (Å²) in [6.45, 7) is 3.21. The number of aryl methyl sites for hydroxylation is 1. The Kier molecular flexibility index (Phi) is 4.78. The third-order valence-corrected chi connectivity index (χ3v) is 5.40. The van der Waals surface area contributed by atoms with Crippen LogP contribution in [0.3, 0.4) is 0 Å². The zero-order valence-corrected chi connectivity index (χ0v) is 16.0. The minimum Gasteiger partial charge on any atom is -0.397 e. The van der Waals surface area contributed by atoms with Crippen LogP contribution in [-0.4, -0.2) is 35.0 Å². The summed E-state index contributed by atoms with van der Waals surface area (Å²) in [5.74, 6) is 1.56. The lowest BCUT2D eigenvalue weighted by molar-refractivity contribution is -0.119. The van der Waals surface area contributed by atoms with Crippen LogP contribution in [0.25, 0.3) is 0 Å². The van der Waals surface area contributed by atoms with Crippen LogP contribution in [0.1, 0.15) is 31.0 Å². The summed E-state index contributed by atoms with van der Waals surface area (Å²) in [6, 6.07) is 5.56. The van der Waals surface area contributed by atoms with Gasteiger partial charge in [-0.05, 0) is 43.9 Å². The molecule has 1 fully saturated rings. The summed E-state index contributed by atoms with van der Waals surface area (Å²) < 4.78 is 0. The number of nitrogens with one attached hydrogen (secondary N) is 2. The SMILES string of the molecule is CC(=O)NC1CCN(c2nc(Nc3ccc(Cl)c(N)c3)nc3c2CCC3)C1. The van der Waals surface area contributed by atoms with Crippen molar-refractivity contribution in [2.24, 2.45) is 0 Å². The van der Waals surface area contributed by atoms with Crippen molar-refractivity contribution in [3.8, 4) is 0 Å². The minimum absolute atomic E-state index is 0.0115. The quantitative estimate of drug-likeness (QED) is 0.699. The van der Waals surface area contributed by atoms with Gasteiger partial charge in [0.05, 0.1) is 16.4 Å². The maximum Gasteiger partial charge on any atom is 0.229 e. The van der Waals surface area contributed by atoms with Crippen molar-refractivity contribution in [2.75, 3.05) is 29.0 Å². The molecule has 1 unspecified atom stereocenters. The molecule has 1 aromatic heterocycles. The first-order valence-corrected chi connectivity index (χ1v) is 9.61. The van der Waals surface area contributed by atoms with Gasteiger partial charge >= 0.3 is 0 Å². The molecule has 1 aliphatic heterocycles. The summed E-state index contributed by atoms with van der Waals surface area (Å²) in [4.78, 5) is 23.1. The number of hydrogen-bond donors (Lipinski definition) is 3. The highest BCUT2D eigenvalue weighted by Gasteiger charge is 2.29. The van der Waals surface area contributed by atoms with E-state index in [4.69, 9.17) is 27.3 Å². The fourth-order valence-electron chi connectivity index (χ4n) is 3.84. The number of aromatic nitrogens is 2. The maximum absolute atomic E-state index is 11.4. The smallest absolute Gasteiger partial charge is 0.229 e. The monoisotopic (exact) mass is 386 g/mol. The van der Waals surface area contributed by atoms with Crippen LogP contribution in [0.15, 0.2) is 18.2 Å². The Morgan fingerprint density at radius 2 is 2.19 bits per heavy atom. The summed E-state index contributed by atoms with van der Waals surface area (Å²) in [7, 11) is 0. The summed E-state index contributed by atoms with van der Waals surface area (Å²) in [6.07, 6.45) is 3.98. The third kappa shape index (κ3) is 3.78. The van der Waals surface area contributed by atoms with E-state index in [1.165, 1.54) is 5.56 Å². The molecule has 4 N–H and O–H groups in total. The molecule has 0 spiro atoms. The first-order valence-electron chi connectivity index (χ1n) is 9.23. The molecule has 0 radical (unpaired) electrons. The Bertz CT molecular complexity index is 887. The van der Waals surface area contributed by atoms with Crippen molar-refractivity contribution >= 4 is 40.6 Å². The van der Waals surface area contributed by atoms with Crippen LogP contribution in [-0.2, 0) is 17.6 Å². The van der Waals surface area contributed by atoms with E-state index in [1.807, 2.05) is 6.07 Å². The molecule has 1 atom stereocenters. The largest absolute Gasteiger partial charge is 0.397 e. The van der Waals surface area contributed by atoms with Gasteiger partial charge in [0.15, 0.2) is 0 Å². The number of benzene rings is 1. The lowest BCUT2D eigenvalue weighted by Crippen LogP contribution is -2.36. The number of carbonyl (C=O) groups is 1. The third-order valence-electron chi connectivity index (χ3n) is 5.06. The molecule has 8 heteroatoms. The number of halogens is 1. The number of fused-ring (bicyclic) bond motifs is 1. The summed E-state index contributed by atoms with van der Waals surface area (Å²) >= 11 is 6.00. The highest BCUT2D eigenvalue weighted by molar-refractivity contribution is 6.33. The van der Waals surface area contributed by atoms with E-state index >= 15 is 0 Å². The summed E-state index contributed by atoms with van der Waals surface area (Å²) in [5, 5.41) is 6.79. The number of nitrogen functional groups attached to an aromatic ring is 1. The van der Waals surface area contributed by atoms with E-state index in [-0.39, 0.29) is 11.9 Å². The van der Waals surface area contributed by atoms with Gasteiger partial charge in [-0.25, -0.2) is 4.98 Å². The number of hydrogen-bond acceptors (Lipinski definition) is 6. The Hall–Kier alpha value is -2.54. The van der Waals surface area contributed by atoms with Crippen LogP contribution in [0.5, 0.6) is 0 Å². The molecule has 2 aliphatic rings. The van der Waals surface area contributed by atoms with E-state index in [0.29, 0.717) is 16.7 Å². The number of nitrogens with two attached hydrogens (primary N) is 1. The Morgan fingerprint density at radius 3 is 2.96 bits per heavy atom. The number of rotatable bonds is 4. The van der Waals surface area contributed by atoms with Gasteiger partial charge in [0, 0.05) is 37.3 Å². The molecule has 2 heterocycles. The second-order valence-corrected chi connectivity index (χ2v) is 7.55. The number of nitrogens with zero attached hydrogens (tertiary/aromatic N) is 3. The number of anilines is 4. The molecule has 1 amide bonds. The van der Waals surface area contributed by atoms with Crippen LogP contribution in [0.4, 0.5) is 23.1 Å². The standard InChI is InChI=1S/C19H23ClN6O/c1-11(27)22-13-7-8-26(10-13)18-14-3-2-4-17(14)24-19(25-18)23-12-5-6-15(20)16(21)9-12/h5-6,9,13H,2-4,7-8,10,21H2,1H3,(H,22,27)(H,23,24,25). The Balaban J connectivity index is 1.60. The molecule has 1 aromatic carbocycles.